The van der Waals surface area contributed by atoms with Crippen LogP contribution >= 0.6 is 11.8 Å². The maximum absolute atomic E-state index is 14.4. The highest BCUT2D eigenvalue weighted by molar-refractivity contribution is 7.99. The van der Waals surface area contributed by atoms with Crippen LogP contribution in [0.25, 0.3) is 0 Å². The first-order valence-electron chi connectivity index (χ1n) is 16.8. The number of nitrogens with two attached hydrogens (primary N) is 1. The van der Waals surface area contributed by atoms with Crippen LogP contribution in [0.2, 0.25) is 0 Å². The van der Waals surface area contributed by atoms with Gasteiger partial charge in [0.1, 0.15) is 12.1 Å². The van der Waals surface area contributed by atoms with E-state index in [9.17, 15) is 24.0 Å². The summed E-state index contributed by atoms with van der Waals surface area (Å²) in [5.74, 6) is -1.60. The van der Waals surface area contributed by atoms with E-state index in [1.807, 2.05) is 39.0 Å². The Hall–Kier alpha value is -3.08. The molecule has 4 unspecified atom stereocenters. The van der Waals surface area contributed by atoms with Gasteiger partial charge in [0.15, 0.2) is 0 Å². The Kier molecular flexibility index (Phi) is 9.83. The number of carbonyl (C=O) groups excluding carboxylic acids is 5. The zero-order chi connectivity index (χ0) is 33.4. The standard InChI is InChI=1S/C35H51N5O5S/c1-33(2,3)28(38-32(45)39-35(16-10-7-11-17-35)20-46-22-12-8-6-9-13-22)31(44)40-19-23-25(34(23,4)5)26(40)30(43)37-24(18-21-14-15-21)27(41)29(36)42/h6,8-9,12-13,21,23-26,28H,7,10-11,14-20H2,1-5H3,(H2,36,42)(H,37,43)(H2,38,39,45)/t23?,24?,25?,26?,28-/m1/s1. The first-order chi connectivity index (χ1) is 21.6. The molecule has 0 radical (unpaired) electrons. The van der Waals surface area contributed by atoms with E-state index in [0.29, 0.717) is 13.0 Å². The molecule has 1 aromatic rings. The number of hydrogen-bond acceptors (Lipinski definition) is 6. The van der Waals surface area contributed by atoms with Crippen LogP contribution in [0.3, 0.4) is 0 Å². The zero-order valence-electron chi connectivity index (χ0n) is 27.9. The zero-order valence-corrected chi connectivity index (χ0v) is 28.7. The molecule has 0 spiro atoms. The first-order valence-corrected chi connectivity index (χ1v) is 17.8. The van der Waals surface area contributed by atoms with Crippen molar-refractivity contribution < 1.29 is 24.0 Å². The average Bonchev–Trinajstić information content (AvgIpc) is 3.85. The fraction of sp³-hybridized carbons (Fsp3) is 0.686. The van der Waals surface area contributed by atoms with Crippen molar-refractivity contribution >= 4 is 41.3 Å². The predicted molar refractivity (Wildman–Crippen MR) is 178 cm³/mol. The van der Waals surface area contributed by atoms with E-state index in [4.69, 9.17) is 5.73 Å². The van der Waals surface area contributed by atoms with Crippen molar-refractivity contribution in [3.63, 3.8) is 0 Å². The number of primary amides is 1. The first kappa shape index (κ1) is 34.3. The van der Waals surface area contributed by atoms with Gasteiger partial charge in [0, 0.05) is 17.2 Å². The Morgan fingerprint density at radius 1 is 1.00 bits per heavy atom. The number of hydrogen-bond donors (Lipinski definition) is 4. The molecule has 0 aromatic heterocycles. The molecule has 1 aliphatic heterocycles. The van der Waals surface area contributed by atoms with Crippen LogP contribution in [0, 0.1) is 28.6 Å². The van der Waals surface area contributed by atoms with Gasteiger partial charge < -0.3 is 26.6 Å². The molecule has 5 atom stereocenters. The second kappa shape index (κ2) is 13.2. The van der Waals surface area contributed by atoms with Gasteiger partial charge in [-0.15, -0.1) is 11.8 Å². The summed E-state index contributed by atoms with van der Waals surface area (Å²) in [4.78, 5) is 69.2. The molecular weight excluding hydrogens is 602 g/mol. The van der Waals surface area contributed by atoms with Gasteiger partial charge in [0.25, 0.3) is 5.91 Å². The second-order valence-electron chi connectivity index (χ2n) is 15.7. The number of thioether (sulfide) groups is 1. The van der Waals surface area contributed by atoms with Crippen molar-refractivity contribution in [1.29, 1.82) is 0 Å². The molecule has 252 valence electrons. The number of likely N-dealkylation sites (tertiary alicyclic amines) is 1. The number of benzene rings is 1. The molecule has 1 heterocycles. The molecule has 11 heteroatoms. The highest BCUT2D eigenvalue weighted by atomic mass is 32.2. The van der Waals surface area contributed by atoms with Crippen molar-refractivity contribution in [3.05, 3.63) is 30.3 Å². The van der Waals surface area contributed by atoms with Gasteiger partial charge in [0.2, 0.25) is 17.6 Å². The molecule has 3 saturated carbocycles. The van der Waals surface area contributed by atoms with Crippen molar-refractivity contribution in [2.24, 2.45) is 34.3 Å². The van der Waals surface area contributed by atoms with Gasteiger partial charge in [-0.05, 0) is 60.0 Å². The maximum atomic E-state index is 14.4. The number of fused-ring (bicyclic) bond motifs is 1. The van der Waals surface area contributed by atoms with Gasteiger partial charge in [0.05, 0.1) is 11.6 Å². The predicted octanol–water partition coefficient (Wildman–Crippen LogP) is 4.02. The third kappa shape index (κ3) is 7.55. The topological polar surface area (TPSA) is 151 Å². The lowest BCUT2D eigenvalue weighted by Crippen LogP contribution is -2.63. The van der Waals surface area contributed by atoms with E-state index < -0.39 is 41.1 Å². The number of carbonyl (C=O) groups is 5. The highest BCUT2D eigenvalue weighted by Crippen LogP contribution is 2.65. The quantitative estimate of drug-likeness (QED) is 0.198. The van der Waals surface area contributed by atoms with E-state index in [1.165, 1.54) is 0 Å². The lowest BCUT2D eigenvalue weighted by molar-refractivity contribution is -0.145. The maximum Gasteiger partial charge on any atom is 0.315 e. The molecule has 5 amide bonds. The molecular formula is C35H51N5O5S. The molecule has 1 aromatic carbocycles. The molecule has 3 aliphatic carbocycles. The largest absolute Gasteiger partial charge is 0.363 e. The van der Waals surface area contributed by atoms with Gasteiger partial charge in [-0.3, -0.25) is 19.2 Å². The van der Waals surface area contributed by atoms with Crippen molar-refractivity contribution in [1.82, 2.24) is 20.9 Å². The number of ketones is 1. The Labute approximate surface area is 277 Å². The Balaban J connectivity index is 1.31. The van der Waals surface area contributed by atoms with Gasteiger partial charge in [-0.25, -0.2) is 4.79 Å². The molecule has 10 nitrogen and oxygen atoms in total. The molecule has 46 heavy (non-hydrogen) atoms. The third-order valence-electron chi connectivity index (χ3n) is 10.7. The minimum absolute atomic E-state index is 0.0864. The lowest BCUT2D eigenvalue weighted by Gasteiger charge is -2.40. The lowest BCUT2D eigenvalue weighted by atomic mass is 9.83. The smallest absolute Gasteiger partial charge is 0.315 e. The van der Waals surface area contributed by atoms with E-state index in [1.54, 1.807) is 16.7 Å². The van der Waals surface area contributed by atoms with Crippen LogP contribution in [0.15, 0.2) is 35.2 Å². The number of Topliss-reactive ketones (excluding diaryl/α,β-unsaturated/α-hetero) is 1. The summed E-state index contributed by atoms with van der Waals surface area (Å²) in [6.45, 7) is 10.3. The van der Waals surface area contributed by atoms with E-state index in [0.717, 1.165) is 55.6 Å². The fourth-order valence-electron chi connectivity index (χ4n) is 7.66. The molecule has 5 rings (SSSR count). The third-order valence-corrected chi connectivity index (χ3v) is 12.0. The van der Waals surface area contributed by atoms with Gasteiger partial charge in [-0.1, -0.05) is 84.9 Å². The van der Waals surface area contributed by atoms with Crippen LogP contribution in [0.1, 0.15) is 86.0 Å². The van der Waals surface area contributed by atoms with Crippen LogP contribution in [-0.4, -0.2) is 70.4 Å². The molecule has 1 saturated heterocycles. The van der Waals surface area contributed by atoms with E-state index >= 15 is 0 Å². The summed E-state index contributed by atoms with van der Waals surface area (Å²) in [5.41, 5.74) is 4.14. The number of nitrogens with zero attached hydrogens (tertiary/aromatic N) is 1. The summed E-state index contributed by atoms with van der Waals surface area (Å²) in [7, 11) is 0. The number of amides is 5. The summed E-state index contributed by atoms with van der Waals surface area (Å²) in [6, 6.07) is 7.07. The highest BCUT2D eigenvalue weighted by Gasteiger charge is 2.70. The Morgan fingerprint density at radius 3 is 2.24 bits per heavy atom. The van der Waals surface area contributed by atoms with Crippen LogP contribution in [-0.2, 0) is 19.2 Å². The summed E-state index contributed by atoms with van der Waals surface area (Å²) in [5, 5.41) is 9.12. The molecule has 4 fully saturated rings. The van der Waals surface area contributed by atoms with Crippen LogP contribution in [0.5, 0.6) is 0 Å². The van der Waals surface area contributed by atoms with Crippen LogP contribution in [0.4, 0.5) is 4.79 Å². The van der Waals surface area contributed by atoms with E-state index in [-0.39, 0.29) is 40.6 Å². The van der Waals surface area contributed by atoms with Crippen LogP contribution < -0.4 is 21.7 Å². The minimum atomic E-state index is -1.07. The Bertz CT molecular complexity index is 1330. The normalized spacial score (nSPS) is 25.8. The SMILES string of the molecule is CC1(C)C2CN(C(=O)[C@@H](NC(=O)NC3(CSc4ccccc4)CCCCC3)C(C)(C)C)C(C(=O)NC(CC3CC3)C(=O)C(N)=O)C21. The summed E-state index contributed by atoms with van der Waals surface area (Å²) in [6.07, 6.45) is 7.17. The monoisotopic (exact) mass is 653 g/mol. The molecule has 4 aliphatic rings. The van der Waals surface area contributed by atoms with Gasteiger partial charge in [-0.2, -0.15) is 0 Å². The molecule has 5 N–H and O–H groups in total. The molecule has 0 bridgehead atoms. The van der Waals surface area contributed by atoms with Crippen molar-refractivity contribution in [2.45, 2.75) is 115 Å². The van der Waals surface area contributed by atoms with E-state index in [2.05, 4.69) is 41.9 Å². The number of rotatable bonds is 12. The minimum Gasteiger partial charge on any atom is -0.363 e. The summed E-state index contributed by atoms with van der Waals surface area (Å²) < 4.78 is 0. The summed E-state index contributed by atoms with van der Waals surface area (Å²) >= 11 is 1.73. The number of nitrogens with one attached hydrogen (secondary N) is 3. The van der Waals surface area contributed by atoms with Crippen molar-refractivity contribution in [2.75, 3.05) is 12.3 Å². The number of urea groups is 1. The fourth-order valence-corrected chi connectivity index (χ4v) is 8.81. The number of piperidine rings is 1. The Morgan fingerprint density at radius 2 is 1.65 bits per heavy atom. The average molecular weight is 654 g/mol. The van der Waals surface area contributed by atoms with Crippen molar-refractivity contribution in [3.8, 4) is 0 Å². The van der Waals surface area contributed by atoms with Gasteiger partial charge >= 0.3 is 6.03 Å². The second-order valence-corrected chi connectivity index (χ2v) is 16.7.